The molecule has 0 saturated heterocycles. The van der Waals surface area contributed by atoms with Crippen LogP contribution >= 0.6 is 12.2 Å². The molecule has 0 aliphatic carbocycles. The van der Waals surface area contributed by atoms with E-state index in [4.69, 9.17) is 12.2 Å². The van der Waals surface area contributed by atoms with Crippen molar-refractivity contribution in [1.29, 1.82) is 0 Å². The molecule has 0 fully saturated rings. The third kappa shape index (κ3) is 1.03. The third-order valence-corrected chi connectivity index (χ3v) is 2.34. The van der Waals surface area contributed by atoms with Crippen LogP contribution in [0.5, 0.6) is 0 Å². The molecule has 0 bridgehead atoms. The van der Waals surface area contributed by atoms with Crippen LogP contribution in [0.3, 0.4) is 0 Å². The Morgan fingerprint density at radius 3 is 2.79 bits per heavy atom. The Morgan fingerprint density at radius 2 is 1.93 bits per heavy atom. The van der Waals surface area contributed by atoms with Gasteiger partial charge in [-0.1, -0.05) is 0 Å². The van der Waals surface area contributed by atoms with E-state index in [1.807, 2.05) is 12.1 Å². The number of aromatic amines is 2. The molecule has 0 radical (unpaired) electrons. The zero-order valence-corrected chi connectivity index (χ0v) is 7.93. The fraction of sp³-hybridized carbons (Fsp3) is 0. The quantitative estimate of drug-likeness (QED) is 0.549. The summed E-state index contributed by atoms with van der Waals surface area (Å²) in [7, 11) is 0. The maximum atomic E-state index is 5.00. The highest BCUT2D eigenvalue weighted by Gasteiger charge is 1.99. The number of hydrogen-bond acceptors (Lipinski definition) is 3. The lowest BCUT2D eigenvalue weighted by molar-refractivity contribution is 1.22. The van der Waals surface area contributed by atoms with E-state index >= 15 is 0 Å². The molecule has 0 aliphatic rings. The average Bonchev–Trinajstić information content (AvgIpc) is 2.53. The van der Waals surface area contributed by atoms with Gasteiger partial charge < -0.3 is 9.97 Å². The molecule has 3 aromatic rings. The fourth-order valence-corrected chi connectivity index (χ4v) is 1.73. The van der Waals surface area contributed by atoms with Crippen LogP contribution in [0.2, 0.25) is 0 Å². The zero-order chi connectivity index (χ0) is 9.54. The van der Waals surface area contributed by atoms with Gasteiger partial charge in [-0.3, -0.25) is 0 Å². The minimum absolute atomic E-state index is 0.628. The Morgan fingerprint density at radius 1 is 1.14 bits per heavy atom. The summed E-state index contributed by atoms with van der Waals surface area (Å²) in [6.07, 6.45) is 3.32. The van der Waals surface area contributed by atoms with Crippen LogP contribution < -0.4 is 0 Å². The average molecular weight is 202 g/mol. The van der Waals surface area contributed by atoms with Crippen LogP contribution in [0, 0.1) is 4.77 Å². The molecule has 0 atom stereocenters. The van der Waals surface area contributed by atoms with Crippen LogP contribution in [-0.2, 0) is 0 Å². The third-order valence-electron chi connectivity index (χ3n) is 2.14. The van der Waals surface area contributed by atoms with Crippen molar-refractivity contribution in [2.45, 2.75) is 0 Å². The summed E-state index contributed by atoms with van der Waals surface area (Å²) in [5, 5.41) is 1.00. The molecule has 0 unspecified atom stereocenters. The van der Waals surface area contributed by atoms with Crippen molar-refractivity contribution in [3.63, 3.8) is 0 Å². The molecule has 68 valence electrons. The predicted molar refractivity (Wildman–Crippen MR) is 56.6 cm³/mol. The summed E-state index contributed by atoms with van der Waals surface area (Å²) in [5.74, 6) is 0. The summed E-state index contributed by atoms with van der Waals surface area (Å²) < 4.78 is 0.628. The maximum Gasteiger partial charge on any atom is 0.175 e. The van der Waals surface area contributed by atoms with E-state index in [2.05, 4.69) is 19.9 Å². The number of H-pyrrole nitrogens is 2. The second kappa shape index (κ2) is 2.62. The minimum Gasteiger partial charge on any atom is -0.331 e. The van der Waals surface area contributed by atoms with Gasteiger partial charge in [-0.25, -0.2) is 9.97 Å². The zero-order valence-electron chi connectivity index (χ0n) is 7.11. The topological polar surface area (TPSA) is 57.4 Å². The van der Waals surface area contributed by atoms with Gasteiger partial charge >= 0.3 is 0 Å². The van der Waals surface area contributed by atoms with E-state index in [-0.39, 0.29) is 0 Å². The second-order valence-corrected chi connectivity index (χ2v) is 3.47. The molecule has 0 saturated carbocycles. The Kier molecular flexibility index (Phi) is 1.43. The monoisotopic (exact) mass is 202 g/mol. The smallest absolute Gasteiger partial charge is 0.175 e. The highest BCUT2D eigenvalue weighted by Crippen LogP contribution is 2.17. The first kappa shape index (κ1) is 7.64. The fourth-order valence-electron chi connectivity index (χ4n) is 1.51. The van der Waals surface area contributed by atoms with Gasteiger partial charge in [-0.2, -0.15) is 0 Å². The number of imidazole rings is 1. The standard InChI is InChI=1S/C9H6N4S/c14-9-12-7-1-5-3-10-4-11-6(5)2-8(7)13-9/h1-4H,(H2,12,13,14). The molecule has 1 aromatic carbocycles. The molecule has 14 heavy (non-hydrogen) atoms. The van der Waals surface area contributed by atoms with Crippen LogP contribution in [0.25, 0.3) is 21.9 Å². The molecule has 0 spiro atoms. The van der Waals surface area contributed by atoms with Gasteiger partial charge in [0.2, 0.25) is 0 Å². The van der Waals surface area contributed by atoms with Gasteiger partial charge in [0.25, 0.3) is 0 Å². The SMILES string of the molecule is S=c1[nH]c2cc3cncnc3cc2[nH]1. The van der Waals surface area contributed by atoms with Crippen molar-refractivity contribution in [3.05, 3.63) is 29.4 Å². The van der Waals surface area contributed by atoms with Crippen molar-refractivity contribution in [2.24, 2.45) is 0 Å². The number of fused-ring (bicyclic) bond motifs is 2. The van der Waals surface area contributed by atoms with Gasteiger partial charge in [-0.05, 0) is 24.4 Å². The lowest BCUT2D eigenvalue weighted by Gasteiger charge is -1.94. The molecule has 5 heteroatoms. The first-order chi connectivity index (χ1) is 6.83. The Labute approximate surface area is 84.0 Å². The molecular formula is C9H6N4S. The molecule has 2 aromatic heterocycles. The van der Waals surface area contributed by atoms with Crippen LogP contribution in [0.4, 0.5) is 0 Å². The van der Waals surface area contributed by atoms with Gasteiger partial charge in [0.1, 0.15) is 6.33 Å². The number of benzene rings is 1. The summed E-state index contributed by atoms with van der Waals surface area (Å²) in [6.45, 7) is 0. The minimum atomic E-state index is 0.628. The molecular weight excluding hydrogens is 196 g/mol. The summed E-state index contributed by atoms with van der Waals surface area (Å²) in [4.78, 5) is 14.2. The van der Waals surface area contributed by atoms with E-state index in [1.54, 1.807) is 6.20 Å². The first-order valence-electron chi connectivity index (χ1n) is 4.15. The van der Waals surface area contributed by atoms with E-state index in [1.165, 1.54) is 6.33 Å². The maximum absolute atomic E-state index is 5.00. The first-order valence-corrected chi connectivity index (χ1v) is 4.55. The van der Waals surface area contributed by atoms with Gasteiger partial charge in [0.05, 0.1) is 16.6 Å². The van der Waals surface area contributed by atoms with Crippen LogP contribution in [-0.4, -0.2) is 19.9 Å². The van der Waals surface area contributed by atoms with E-state index in [0.29, 0.717) is 4.77 Å². The number of aromatic nitrogens is 4. The van der Waals surface area contributed by atoms with Crippen molar-refractivity contribution < 1.29 is 0 Å². The number of nitrogens with zero attached hydrogens (tertiary/aromatic N) is 2. The highest BCUT2D eigenvalue weighted by atomic mass is 32.1. The Bertz CT molecular complexity index is 611. The number of hydrogen-bond donors (Lipinski definition) is 2. The van der Waals surface area contributed by atoms with E-state index in [9.17, 15) is 0 Å². The summed E-state index contributed by atoms with van der Waals surface area (Å²) in [6, 6.07) is 3.94. The van der Waals surface area contributed by atoms with Gasteiger partial charge in [-0.15, -0.1) is 0 Å². The van der Waals surface area contributed by atoms with Crippen molar-refractivity contribution in [2.75, 3.05) is 0 Å². The lowest BCUT2D eigenvalue weighted by atomic mass is 10.2. The largest absolute Gasteiger partial charge is 0.331 e. The molecule has 0 aliphatic heterocycles. The Hall–Kier alpha value is -1.75. The van der Waals surface area contributed by atoms with Crippen molar-refractivity contribution >= 4 is 34.2 Å². The highest BCUT2D eigenvalue weighted by molar-refractivity contribution is 7.71. The lowest BCUT2D eigenvalue weighted by Crippen LogP contribution is -1.80. The molecule has 4 nitrogen and oxygen atoms in total. The van der Waals surface area contributed by atoms with E-state index < -0.39 is 0 Å². The van der Waals surface area contributed by atoms with Crippen LogP contribution in [0.1, 0.15) is 0 Å². The predicted octanol–water partition coefficient (Wildman–Crippen LogP) is 2.17. The normalized spacial score (nSPS) is 11.1. The van der Waals surface area contributed by atoms with E-state index in [0.717, 1.165) is 21.9 Å². The number of nitrogens with one attached hydrogen (secondary N) is 2. The van der Waals surface area contributed by atoms with Crippen LogP contribution in [0.15, 0.2) is 24.7 Å². The molecule has 2 N–H and O–H groups in total. The molecule has 2 heterocycles. The summed E-state index contributed by atoms with van der Waals surface area (Å²) in [5.41, 5.74) is 2.87. The summed E-state index contributed by atoms with van der Waals surface area (Å²) >= 11 is 5.00. The molecule has 3 rings (SSSR count). The molecule has 0 amide bonds. The second-order valence-electron chi connectivity index (χ2n) is 3.06. The Balaban J connectivity index is 2.57. The van der Waals surface area contributed by atoms with Gasteiger partial charge in [0, 0.05) is 11.6 Å². The number of rotatable bonds is 0. The van der Waals surface area contributed by atoms with Crippen molar-refractivity contribution in [1.82, 2.24) is 19.9 Å². The van der Waals surface area contributed by atoms with Gasteiger partial charge in [0.15, 0.2) is 4.77 Å². The van der Waals surface area contributed by atoms with Crippen molar-refractivity contribution in [3.8, 4) is 0 Å².